The van der Waals surface area contributed by atoms with Crippen molar-refractivity contribution in [1.82, 2.24) is 4.90 Å². The Hall–Kier alpha value is -1.59. The number of carbonyl (C=O) groups excluding carboxylic acids is 1. The van der Waals surface area contributed by atoms with Crippen LogP contribution in [0, 0.1) is 0 Å². The van der Waals surface area contributed by atoms with Gasteiger partial charge in [-0.1, -0.05) is 6.07 Å². The van der Waals surface area contributed by atoms with Crippen LogP contribution in [0.4, 0.5) is 10.5 Å². The summed E-state index contributed by atoms with van der Waals surface area (Å²) in [6.07, 6.45) is 0.557. The molecule has 2 aliphatic heterocycles. The van der Waals surface area contributed by atoms with Crippen LogP contribution in [0.2, 0.25) is 0 Å². The Balaban J connectivity index is 1.85. The highest BCUT2D eigenvalue weighted by Gasteiger charge is 2.31. The number of nitrogens with zero attached hydrogens (tertiary/aromatic N) is 2. The standard InChI is InChI=1S/C14H19N3O2/c1-16-5-4-10-6-12(3-2-11(10)8-16)17-9-13(7-15)19-14(17)18/h2-3,6,13H,4-5,7-9,15H2,1H3/t13-/m0/s1. The second-order valence-corrected chi connectivity index (χ2v) is 5.29. The van der Waals surface area contributed by atoms with Crippen molar-refractivity contribution >= 4 is 11.8 Å². The van der Waals surface area contributed by atoms with Crippen molar-refractivity contribution in [2.24, 2.45) is 5.73 Å². The minimum absolute atomic E-state index is 0.185. The fraction of sp³-hybridized carbons (Fsp3) is 0.500. The summed E-state index contributed by atoms with van der Waals surface area (Å²) in [6.45, 7) is 2.96. The van der Waals surface area contributed by atoms with Gasteiger partial charge in [-0.3, -0.25) is 4.90 Å². The molecule has 102 valence electrons. The van der Waals surface area contributed by atoms with Crippen molar-refractivity contribution in [3.05, 3.63) is 29.3 Å². The molecule has 2 aliphatic rings. The average Bonchev–Trinajstić information content (AvgIpc) is 2.79. The lowest BCUT2D eigenvalue weighted by Gasteiger charge is -2.26. The minimum atomic E-state index is -0.289. The number of rotatable bonds is 2. The van der Waals surface area contributed by atoms with E-state index in [9.17, 15) is 4.79 Å². The molecule has 1 aromatic rings. The lowest BCUT2D eigenvalue weighted by molar-refractivity contribution is 0.145. The van der Waals surface area contributed by atoms with Gasteiger partial charge in [0.15, 0.2) is 0 Å². The molecule has 0 unspecified atom stereocenters. The van der Waals surface area contributed by atoms with Gasteiger partial charge in [0.25, 0.3) is 0 Å². The van der Waals surface area contributed by atoms with Gasteiger partial charge in [-0.15, -0.1) is 0 Å². The molecule has 0 radical (unpaired) electrons. The minimum Gasteiger partial charge on any atom is -0.443 e. The van der Waals surface area contributed by atoms with E-state index in [4.69, 9.17) is 10.5 Å². The van der Waals surface area contributed by atoms with E-state index in [1.54, 1.807) is 4.90 Å². The van der Waals surface area contributed by atoms with E-state index >= 15 is 0 Å². The molecule has 19 heavy (non-hydrogen) atoms. The highest BCUT2D eigenvalue weighted by molar-refractivity contribution is 5.89. The number of hydrogen-bond donors (Lipinski definition) is 1. The van der Waals surface area contributed by atoms with Gasteiger partial charge in [-0.05, 0) is 36.7 Å². The zero-order valence-corrected chi connectivity index (χ0v) is 11.1. The van der Waals surface area contributed by atoms with Crippen LogP contribution in [0.3, 0.4) is 0 Å². The maximum atomic E-state index is 11.8. The molecule has 0 saturated carbocycles. The molecule has 5 nitrogen and oxygen atoms in total. The summed E-state index contributed by atoms with van der Waals surface area (Å²) < 4.78 is 5.19. The van der Waals surface area contributed by atoms with Crippen molar-refractivity contribution in [1.29, 1.82) is 0 Å². The zero-order valence-electron chi connectivity index (χ0n) is 11.1. The molecular formula is C14H19N3O2. The third-order valence-corrected chi connectivity index (χ3v) is 3.84. The zero-order chi connectivity index (χ0) is 13.4. The molecule has 0 aliphatic carbocycles. The molecule has 1 aromatic carbocycles. The topological polar surface area (TPSA) is 58.8 Å². The van der Waals surface area contributed by atoms with Crippen LogP contribution in [0.5, 0.6) is 0 Å². The first kappa shape index (κ1) is 12.4. The number of nitrogens with two attached hydrogens (primary N) is 1. The molecule has 2 heterocycles. The first-order valence-electron chi connectivity index (χ1n) is 6.66. The summed E-state index contributed by atoms with van der Waals surface area (Å²) in [5, 5.41) is 0. The van der Waals surface area contributed by atoms with Gasteiger partial charge in [0.1, 0.15) is 6.10 Å². The van der Waals surface area contributed by atoms with Gasteiger partial charge in [0.05, 0.1) is 6.54 Å². The number of fused-ring (bicyclic) bond motifs is 1. The van der Waals surface area contributed by atoms with Crippen molar-refractivity contribution in [3.63, 3.8) is 0 Å². The summed E-state index contributed by atoms with van der Waals surface area (Å²) in [4.78, 5) is 15.8. The van der Waals surface area contributed by atoms with Crippen LogP contribution in [-0.4, -0.2) is 43.8 Å². The van der Waals surface area contributed by atoms with E-state index in [2.05, 4.69) is 24.1 Å². The Morgan fingerprint density at radius 1 is 1.42 bits per heavy atom. The van der Waals surface area contributed by atoms with E-state index in [0.29, 0.717) is 13.1 Å². The summed E-state index contributed by atoms with van der Waals surface area (Å²) in [5.74, 6) is 0. The molecule has 0 bridgehead atoms. The second-order valence-electron chi connectivity index (χ2n) is 5.29. The Labute approximate surface area is 112 Å². The van der Waals surface area contributed by atoms with E-state index in [1.807, 2.05) is 6.07 Å². The number of benzene rings is 1. The van der Waals surface area contributed by atoms with Gasteiger partial charge in [0, 0.05) is 25.3 Å². The number of likely N-dealkylation sites (N-methyl/N-ethyl adjacent to an activating group) is 1. The summed E-state index contributed by atoms with van der Waals surface area (Å²) >= 11 is 0. The van der Waals surface area contributed by atoms with Crippen molar-refractivity contribution in [2.75, 3.05) is 31.6 Å². The van der Waals surface area contributed by atoms with Gasteiger partial charge >= 0.3 is 6.09 Å². The highest BCUT2D eigenvalue weighted by atomic mass is 16.6. The van der Waals surface area contributed by atoms with Crippen LogP contribution in [0.25, 0.3) is 0 Å². The van der Waals surface area contributed by atoms with E-state index < -0.39 is 0 Å². The Morgan fingerprint density at radius 2 is 2.26 bits per heavy atom. The second kappa shape index (κ2) is 4.83. The number of ether oxygens (including phenoxy) is 1. The van der Waals surface area contributed by atoms with E-state index in [-0.39, 0.29) is 12.2 Å². The third kappa shape index (κ3) is 2.31. The number of amides is 1. The number of anilines is 1. The largest absolute Gasteiger partial charge is 0.443 e. The van der Waals surface area contributed by atoms with Gasteiger partial charge in [-0.2, -0.15) is 0 Å². The van der Waals surface area contributed by atoms with Gasteiger partial charge in [-0.25, -0.2) is 4.79 Å². The number of cyclic esters (lactones) is 1. The third-order valence-electron chi connectivity index (χ3n) is 3.84. The maximum absolute atomic E-state index is 11.8. The average molecular weight is 261 g/mol. The number of carbonyl (C=O) groups is 1. The highest BCUT2D eigenvalue weighted by Crippen LogP contribution is 2.27. The molecule has 1 amide bonds. The molecule has 2 N–H and O–H groups in total. The Kier molecular flexibility index (Phi) is 3.16. The number of hydrogen-bond acceptors (Lipinski definition) is 4. The summed E-state index contributed by atoms with van der Waals surface area (Å²) in [5.41, 5.74) is 9.15. The smallest absolute Gasteiger partial charge is 0.414 e. The van der Waals surface area contributed by atoms with E-state index in [1.165, 1.54) is 11.1 Å². The quantitative estimate of drug-likeness (QED) is 0.861. The lowest BCUT2D eigenvalue weighted by atomic mass is 9.99. The Bertz CT molecular complexity index is 503. The Morgan fingerprint density at radius 3 is 3.00 bits per heavy atom. The molecule has 1 saturated heterocycles. The normalized spacial score (nSPS) is 23.4. The molecule has 3 rings (SSSR count). The van der Waals surface area contributed by atoms with Crippen molar-refractivity contribution in [2.45, 2.75) is 19.1 Å². The van der Waals surface area contributed by atoms with Crippen molar-refractivity contribution in [3.8, 4) is 0 Å². The SMILES string of the molecule is CN1CCc2cc(N3C[C@H](CN)OC3=O)ccc2C1. The summed E-state index contributed by atoms with van der Waals surface area (Å²) in [6, 6.07) is 6.23. The monoisotopic (exact) mass is 261 g/mol. The molecule has 0 spiro atoms. The van der Waals surface area contributed by atoms with Crippen LogP contribution in [0.1, 0.15) is 11.1 Å². The van der Waals surface area contributed by atoms with Crippen LogP contribution >= 0.6 is 0 Å². The van der Waals surface area contributed by atoms with E-state index in [0.717, 1.165) is 25.2 Å². The predicted molar refractivity (Wildman–Crippen MR) is 73.1 cm³/mol. The summed E-state index contributed by atoms with van der Waals surface area (Å²) in [7, 11) is 2.13. The molecule has 0 aromatic heterocycles. The fourth-order valence-corrected chi connectivity index (χ4v) is 2.70. The van der Waals surface area contributed by atoms with Crippen molar-refractivity contribution < 1.29 is 9.53 Å². The van der Waals surface area contributed by atoms with Crippen LogP contribution in [-0.2, 0) is 17.7 Å². The van der Waals surface area contributed by atoms with Crippen LogP contribution < -0.4 is 10.6 Å². The molecular weight excluding hydrogens is 242 g/mol. The molecule has 5 heteroatoms. The maximum Gasteiger partial charge on any atom is 0.414 e. The van der Waals surface area contributed by atoms with Crippen LogP contribution in [0.15, 0.2) is 18.2 Å². The van der Waals surface area contributed by atoms with Gasteiger partial charge < -0.3 is 15.4 Å². The lowest BCUT2D eigenvalue weighted by Crippen LogP contribution is -2.29. The molecule has 1 fully saturated rings. The molecule has 1 atom stereocenters. The van der Waals surface area contributed by atoms with Gasteiger partial charge in [0.2, 0.25) is 0 Å². The predicted octanol–water partition coefficient (Wildman–Crippen LogP) is 0.958. The first-order chi connectivity index (χ1) is 9.17. The first-order valence-corrected chi connectivity index (χ1v) is 6.66. The fourth-order valence-electron chi connectivity index (χ4n) is 2.70.